The molecule has 0 heterocycles. The lowest BCUT2D eigenvalue weighted by atomic mass is 9.99. The molecule has 2 aromatic carbocycles. The number of hydrogen-bond acceptors (Lipinski definition) is 1. The van der Waals surface area contributed by atoms with Crippen LogP contribution in [0.5, 0.6) is 0 Å². The first-order valence-corrected chi connectivity index (χ1v) is 7.64. The van der Waals surface area contributed by atoms with Crippen molar-refractivity contribution in [2.45, 2.75) is 25.9 Å². The summed E-state index contributed by atoms with van der Waals surface area (Å²) in [6.07, 6.45) is -5.08. The van der Waals surface area contributed by atoms with Gasteiger partial charge in [-0.3, -0.25) is 0 Å². The molecule has 0 aliphatic heterocycles. The van der Waals surface area contributed by atoms with Crippen LogP contribution < -0.4 is 5.32 Å². The second-order valence-electron chi connectivity index (χ2n) is 5.70. The molecular weight excluding hydrogens is 311 g/mol. The summed E-state index contributed by atoms with van der Waals surface area (Å²) in [5.74, 6) is 0. The third-order valence-electron chi connectivity index (χ3n) is 3.69. The van der Waals surface area contributed by atoms with Gasteiger partial charge in [0.05, 0.1) is 0 Å². The third-order valence-corrected chi connectivity index (χ3v) is 3.69. The van der Waals surface area contributed by atoms with Crippen molar-refractivity contribution in [3.63, 3.8) is 0 Å². The average molecular weight is 331 g/mol. The summed E-state index contributed by atoms with van der Waals surface area (Å²) in [4.78, 5) is 0. The summed E-state index contributed by atoms with van der Waals surface area (Å²) in [5.41, 5.74) is 4.64. The molecular formula is C20H20F3N. The third kappa shape index (κ3) is 4.75. The van der Waals surface area contributed by atoms with Crippen molar-refractivity contribution in [3.05, 3.63) is 78.4 Å². The minimum atomic E-state index is -4.17. The number of benzene rings is 2. The van der Waals surface area contributed by atoms with Crippen molar-refractivity contribution in [1.82, 2.24) is 0 Å². The molecule has 0 fully saturated rings. The lowest BCUT2D eigenvalue weighted by Crippen LogP contribution is -2.10. The Kier molecular flexibility index (Phi) is 5.50. The normalized spacial score (nSPS) is 11.2. The van der Waals surface area contributed by atoms with E-state index in [1.165, 1.54) is 0 Å². The van der Waals surface area contributed by atoms with Crippen molar-refractivity contribution in [2.24, 2.45) is 0 Å². The monoisotopic (exact) mass is 331 g/mol. The van der Waals surface area contributed by atoms with Gasteiger partial charge in [0.2, 0.25) is 0 Å². The van der Waals surface area contributed by atoms with Gasteiger partial charge in [0.15, 0.2) is 0 Å². The highest BCUT2D eigenvalue weighted by Gasteiger charge is 2.26. The lowest BCUT2D eigenvalue weighted by molar-refractivity contribution is -0.133. The Bertz CT molecular complexity index is 745. The molecule has 0 amide bonds. The lowest BCUT2D eigenvalue weighted by Gasteiger charge is -2.17. The van der Waals surface area contributed by atoms with Gasteiger partial charge in [-0.1, -0.05) is 61.2 Å². The molecule has 4 heteroatoms. The molecule has 2 aromatic rings. The number of hydrogen-bond donors (Lipinski definition) is 1. The average Bonchev–Trinajstić information content (AvgIpc) is 2.53. The van der Waals surface area contributed by atoms with E-state index in [0.29, 0.717) is 16.9 Å². The second-order valence-corrected chi connectivity index (χ2v) is 5.70. The first-order chi connectivity index (χ1) is 11.3. The van der Waals surface area contributed by atoms with Gasteiger partial charge in [0.25, 0.3) is 0 Å². The van der Waals surface area contributed by atoms with E-state index in [1.807, 2.05) is 31.2 Å². The van der Waals surface area contributed by atoms with Gasteiger partial charge in [-0.25, -0.2) is 0 Å². The molecule has 0 bridgehead atoms. The van der Waals surface area contributed by atoms with E-state index < -0.39 is 12.6 Å². The van der Waals surface area contributed by atoms with Gasteiger partial charge < -0.3 is 5.32 Å². The summed E-state index contributed by atoms with van der Waals surface area (Å²) in [6, 6.07) is 14.7. The molecule has 2 rings (SSSR count). The maximum absolute atomic E-state index is 12.5. The Hall–Kier alpha value is -2.49. The van der Waals surface area contributed by atoms with Crippen LogP contribution in [0, 0.1) is 0 Å². The van der Waals surface area contributed by atoms with Crippen molar-refractivity contribution >= 4 is 17.0 Å². The van der Waals surface area contributed by atoms with Gasteiger partial charge in [0.1, 0.15) is 0 Å². The van der Waals surface area contributed by atoms with Gasteiger partial charge >= 0.3 is 6.18 Å². The quantitative estimate of drug-likeness (QED) is 0.655. The highest BCUT2D eigenvalue weighted by atomic mass is 19.4. The number of nitrogens with one attached hydrogen (secondary N) is 1. The molecule has 24 heavy (non-hydrogen) atoms. The van der Waals surface area contributed by atoms with Crippen LogP contribution in [0.1, 0.15) is 30.0 Å². The smallest absolute Gasteiger partial charge is 0.355 e. The van der Waals surface area contributed by atoms with Gasteiger partial charge in [-0.15, -0.1) is 0 Å². The topological polar surface area (TPSA) is 12.0 Å². The Labute approximate surface area is 140 Å². The molecule has 0 aromatic heterocycles. The van der Waals surface area contributed by atoms with Crippen molar-refractivity contribution < 1.29 is 13.2 Å². The highest BCUT2D eigenvalue weighted by molar-refractivity contribution is 5.83. The van der Waals surface area contributed by atoms with Crippen LogP contribution in [0.15, 0.2) is 61.7 Å². The van der Waals surface area contributed by atoms with E-state index in [0.717, 1.165) is 16.7 Å². The summed E-state index contributed by atoms with van der Waals surface area (Å²) in [6.45, 7) is 9.90. The van der Waals surface area contributed by atoms with Crippen LogP contribution in [0.4, 0.5) is 18.9 Å². The molecule has 0 unspecified atom stereocenters. The predicted molar refractivity (Wildman–Crippen MR) is 94.6 cm³/mol. The maximum Gasteiger partial charge on any atom is 0.389 e. The van der Waals surface area contributed by atoms with Gasteiger partial charge in [-0.2, -0.15) is 13.2 Å². The van der Waals surface area contributed by atoms with Crippen LogP contribution in [-0.2, 0) is 6.42 Å². The molecule has 0 spiro atoms. The van der Waals surface area contributed by atoms with Crippen LogP contribution in [-0.4, -0.2) is 6.18 Å². The van der Waals surface area contributed by atoms with Crippen molar-refractivity contribution in [2.75, 3.05) is 5.32 Å². The molecule has 126 valence electrons. The summed E-state index contributed by atoms with van der Waals surface area (Å²) in [7, 11) is 0. The zero-order valence-corrected chi connectivity index (χ0v) is 13.6. The van der Waals surface area contributed by atoms with Crippen molar-refractivity contribution in [3.8, 4) is 0 Å². The summed E-state index contributed by atoms with van der Waals surface area (Å²) in [5, 5.41) is 3.16. The van der Waals surface area contributed by atoms with E-state index in [-0.39, 0.29) is 6.42 Å². The van der Waals surface area contributed by atoms with Gasteiger partial charge in [-0.05, 0) is 30.5 Å². The molecule has 0 aliphatic carbocycles. The van der Waals surface area contributed by atoms with E-state index >= 15 is 0 Å². The summed E-state index contributed by atoms with van der Waals surface area (Å²) < 4.78 is 37.5. The van der Waals surface area contributed by atoms with E-state index in [2.05, 4.69) is 18.5 Å². The number of para-hydroxylation sites is 1. The molecule has 0 radical (unpaired) electrons. The fraction of sp³-hybridized carbons (Fsp3) is 0.200. The number of aryl methyl sites for hydroxylation is 1. The minimum absolute atomic E-state index is 0.0674. The van der Waals surface area contributed by atoms with Crippen molar-refractivity contribution in [1.29, 1.82) is 0 Å². The highest BCUT2D eigenvalue weighted by Crippen LogP contribution is 2.29. The first-order valence-electron chi connectivity index (χ1n) is 7.64. The van der Waals surface area contributed by atoms with Crippen LogP contribution in [0.2, 0.25) is 0 Å². The van der Waals surface area contributed by atoms with E-state index in [4.69, 9.17) is 0 Å². The maximum atomic E-state index is 12.5. The number of alkyl halides is 3. The molecule has 1 nitrogen and oxygen atoms in total. The minimum Gasteiger partial charge on any atom is -0.355 e. The molecule has 0 saturated carbocycles. The largest absolute Gasteiger partial charge is 0.389 e. The predicted octanol–water partition coefficient (Wildman–Crippen LogP) is 6.30. The SMILES string of the molecule is C=C(C)c1ccccc1C(=C)Nc1ccccc1CCC(F)(F)F. The standard InChI is InChI=1S/C20H20F3N/c1-14(2)17-9-5-6-10-18(17)15(3)24-19-11-7-4-8-16(19)12-13-20(21,22)23/h4-11,24H,1,3,12-13H2,2H3. The van der Waals surface area contributed by atoms with Gasteiger partial charge in [0, 0.05) is 23.4 Å². The number of rotatable bonds is 6. The zero-order valence-electron chi connectivity index (χ0n) is 13.6. The summed E-state index contributed by atoms with van der Waals surface area (Å²) >= 11 is 0. The number of halogens is 3. The van der Waals surface area contributed by atoms with Crippen LogP contribution in [0.3, 0.4) is 0 Å². The Morgan fingerprint density at radius 2 is 1.54 bits per heavy atom. The van der Waals surface area contributed by atoms with E-state index in [9.17, 15) is 13.2 Å². The molecule has 0 aliphatic rings. The second kappa shape index (κ2) is 7.39. The Morgan fingerprint density at radius 1 is 0.958 bits per heavy atom. The fourth-order valence-electron chi connectivity index (χ4n) is 2.48. The first kappa shape index (κ1) is 17.9. The molecule has 1 N–H and O–H groups in total. The fourth-order valence-corrected chi connectivity index (χ4v) is 2.48. The Balaban J connectivity index is 2.23. The Morgan fingerprint density at radius 3 is 2.17 bits per heavy atom. The number of anilines is 1. The molecule has 0 saturated heterocycles. The molecule has 0 atom stereocenters. The van der Waals surface area contributed by atoms with E-state index in [1.54, 1.807) is 24.3 Å². The zero-order chi connectivity index (χ0) is 17.7. The van der Waals surface area contributed by atoms with Crippen LogP contribution in [0.25, 0.3) is 11.3 Å². The van der Waals surface area contributed by atoms with Crippen LogP contribution >= 0.6 is 0 Å². The number of allylic oxidation sites excluding steroid dienone is 1.